The molecule has 0 saturated heterocycles. The molecular formula is C18H35NaO3. The molecule has 22 heavy (non-hydrogen) atoms. The van der Waals surface area contributed by atoms with Gasteiger partial charge in [-0.05, 0) is 6.42 Å². The van der Waals surface area contributed by atoms with Gasteiger partial charge in [0, 0.05) is 6.61 Å². The van der Waals surface area contributed by atoms with E-state index in [4.69, 9.17) is 4.74 Å². The van der Waals surface area contributed by atoms with Crippen molar-refractivity contribution >= 4 is 5.97 Å². The Morgan fingerprint density at radius 2 is 1.09 bits per heavy atom. The Labute approximate surface area is 159 Å². The minimum atomic E-state index is -1.12. The number of hydrogen-bond donors (Lipinski definition) is 0. The molecule has 0 unspecified atom stereocenters. The number of carbonyl (C=O) groups excluding carboxylic acids is 1. The van der Waals surface area contributed by atoms with Crippen molar-refractivity contribution in [2.75, 3.05) is 13.2 Å². The molecular weight excluding hydrogens is 287 g/mol. The molecule has 0 N–H and O–H groups in total. The summed E-state index contributed by atoms with van der Waals surface area (Å²) in [7, 11) is 0. The van der Waals surface area contributed by atoms with E-state index in [0.29, 0.717) is 6.61 Å². The third-order valence-corrected chi connectivity index (χ3v) is 3.86. The van der Waals surface area contributed by atoms with Crippen LogP contribution in [0.1, 0.15) is 96.8 Å². The summed E-state index contributed by atoms with van der Waals surface area (Å²) >= 11 is 0. The number of carboxylic acids is 1. The molecule has 4 heteroatoms. The minimum Gasteiger partial charge on any atom is -0.548 e. The number of ether oxygens (including phenoxy) is 1. The van der Waals surface area contributed by atoms with Crippen molar-refractivity contribution in [3.8, 4) is 0 Å². The third-order valence-electron chi connectivity index (χ3n) is 3.86. The monoisotopic (exact) mass is 322 g/mol. The molecule has 0 fully saturated rings. The molecule has 0 amide bonds. The molecule has 0 aromatic heterocycles. The SMILES string of the molecule is CCCCCCCCCCCCCCCCOCC(=O)[O-].[Na+]. The maximum Gasteiger partial charge on any atom is 1.00 e. The third kappa shape index (κ3) is 22.7. The summed E-state index contributed by atoms with van der Waals surface area (Å²) < 4.78 is 4.94. The van der Waals surface area contributed by atoms with Crippen LogP contribution in [0.2, 0.25) is 0 Å². The fourth-order valence-corrected chi connectivity index (χ4v) is 2.55. The Bertz CT molecular complexity index is 222. The predicted octanol–water partition coefficient (Wildman–Crippen LogP) is 1.24. The largest absolute Gasteiger partial charge is 1.00 e. The standard InChI is InChI=1S/C18H36O3.Na/c1-2-3-4-5-6-7-8-9-10-11-12-13-14-15-16-21-17-18(19)20;/h2-17H2,1H3,(H,19,20);/q;+1/p-1. The molecule has 0 aliphatic heterocycles. The second-order valence-corrected chi connectivity index (χ2v) is 6.02. The normalized spacial score (nSPS) is 10.4. The van der Waals surface area contributed by atoms with Gasteiger partial charge >= 0.3 is 29.6 Å². The van der Waals surface area contributed by atoms with Crippen molar-refractivity contribution in [1.82, 2.24) is 0 Å². The van der Waals surface area contributed by atoms with Gasteiger partial charge in [0.2, 0.25) is 0 Å². The Morgan fingerprint density at radius 3 is 1.45 bits per heavy atom. The van der Waals surface area contributed by atoms with Crippen LogP contribution in [0.15, 0.2) is 0 Å². The van der Waals surface area contributed by atoms with E-state index >= 15 is 0 Å². The molecule has 0 heterocycles. The van der Waals surface area contributed by atoms with Crippen LogP contribution in [-0.2, 0) is 9.53 Å². The average molecular weight is 322 g/mol. The second-order valence-electron chi connectivity index (χ2n) is 6.02. The van der Waals surface area contributed by atoms with Gasteiger partial charge in [-0.25, -0.2) is 0 Å². The van der Waals surface area contributed by atoms with E-state index in [0.717, 1.165) is 12.8 Å². The van der Waals surface area contributed by atoms with E-state index in [-0.39, 0.29) is 36.2 Å². The Hall–Kier alpha value is 0.430. The molecule has 0 aliphatic rings. The van der Waals surface area contributed by atoms with Crippen LogP contribution in [-0.4, -0.2) is 19.2 Å². The quantitative estimate of drug-likeness (QED) is 0.299. The van der Waals surface area contributed by atoms with E-state index in [9.17, 15) is 9.90 Å². The van der Waals surface area contributed by atoms with Gasteiger partial charge in [-0.1, -0.05) is 90.4 Å². The van der Waals surface area contributed by atoms with Crippen molar-refractivity contribution < 1.29 is 44.2 Å². The number of unbranched alkanes of at least 4 members (excludes halogenated alkanes) is 13. The van der Waals surface area contributed by atoms with E-state index < -0.39 is 5.97 Å². The van der Waals surface area contributed by atoms with Crippen LogP contribution in [0.25, 0.3) is 0 Å². The maximum atomic E-state index is 10.1. The molecule has 0 aromatic carbocycles. The van der Waals surface area contributed by atoms with Crippen LogP contribution >= 0.6 is 0 Å². The molecule has 0 rings (SSSR count). The average Bonchev–Trinajstić information content (AvgIpc) is 2.46. The van der Waals surface area contributed by atoms with Gasteiger partial charge in [-0.15, -0.1) is 0 Å². The summed E-state index contributed by atoms with van der Waals surface area (Å²) in [6.07, 6.45) is 18.6. The molecule has 3 nitrogen and oxygen atoms in total. The van der Waals surface area contributed by atoms with E-state index in [1.165, 1.54) is 77.0 Å². The van der Waals surface area contributed by atoms with Crippen molar-refractivity contribution in [3.05, 3.63) is 0 Å². The Kier molecular flexibility index (Phi) is 24.0. The van der Waals surface area contributed by atoms with Gasteiger partial charge in [0.05, 0.1) is 12.6 Å². The Balaban J connectivity index is 0. The molecule has 0 atom stereocenters. The van der Waals surface area contributed by atoms with Crippen LogP contribution in [0.5, 0.6) is 0 Å². The minimum absolute atomic E-state index is 0. The fourth-order valence-electron chi connectivity index (χ4n) is 2.55. The predicted molar refractivity (Wildman–Crippen MR) is 86.1 cm³/mol. The molecule has 0 aliphatic carbocycles. The van der Waals surface area contributed by atoms with Crippen LogP contribution in [0.4, 0.5) is 0 Å². The summed E-state index contributed by atoms with van der Waals surface area (Å²) in [6.45, 7) is 2.55. The molecule has 0 aromatic rings. The number of carboxylic acid groups (broad SMARTS) is 1. The molecule has 126 valence electrons. The van der Waals surface area contributed by atoms with E-state index in [1.807, 2.05) is 0 Å². The van der Waals surface area contributed by atoms with Gasteiger partial charge in [0.15, 0.2) is 0 Å². The molecule has 0 bridgehead atoms. The van der Waals surface area contributed by atoms with Gasteiger partial charge in [0.1, 0.15) is 0 Å². The first kappa shape index (κ1) is 24.7. The van der Waals surface area contributed by atoms with Crippen molar-refractivity contribution in [2.45, 2.75) is 96.8 Å². The summed E-state index contributed by atoms with van der Waals surface area (Å²) in [5.74, 6) is -1.12. The first-order valence-electron chi connectivity index (χ1n) is 9.05. The number of carbonyl (C=O) groups is 1. The van der Waals surface area contributed by atoms with Crippen LogP contribution in [0, 0.1) is 0 Å². The van der Waals surface area contributed by atoms with Crippen molar-refractivity contribution in [3.63, 3.8) is 0 Å². The zero-order valence-electron chi connectivity index (χ0n) is 15.0. The summed E-state index contributed by atoms with van der Waals surface area (Å²) in [6, 6.07) is 0. The number of hydrogen-bond acceptors (Lipinski definition) is 3. The van der Waals surface area contributed by atoms with Gasteiger partial charge in [-0.2, -0.15) is 0 Å². The molecule has 0 spiro atoms. The van der Waals surface area contributed by atoms with Crippen LogP contribution < -0.4 is 34.7 Å². The number of rotatable bonds is 17. The number of aliphatic carboxylic acids is 1. The molecule has 0 radical (unpaired) electrons. The van der Waals surface area contributed by atoms with Gasteiger partial charge < -0.3 is 14.6 Å². The van der Waals surface area contributed by atoms with Crippen molar-refractivity contribution in [2.24, 2.45) is 0 Å². The van der Waals surface area contributed by atoms with E-state index in [1.54, 1.807) is 0 Å². The summed E-state index contributed by atoms with van der Waals surface area (Å²) in [4.78, 5) is 10.1. The maximum absolute atomic E-state index is 10.1. The molecule has 0 saturated carbocycles. The second kappa shape index (κ2) is 21.4. The summed E-state index contributed by atoms with van der Waals surface area (Å²) in [5, 5.41) is 10.1. The zero-order valence-corrected chi connectivity index (χ0v) is 17.0. The topological polar surface area (TPSA) is 49.4 Å². The summed E-state index contributed by atoms with van der Waals surface area (Å²) in [5.41, 5.74) is 0. The Morgan fingerprint density at radius 1 is 0.727 bits per heavy atom. The zero-order chi connectivity index (χ0) is 15.6. The first-order valence-corrected chi connectivity index (χ1v) is 9.05. The smallest absolute Gasteiger partial charge is 0.548 e. The fraction of sp³-hybridized carbons (Fsp3) is 0.944. The van der Waals surface area contributed by atoms with Crippen molar-refractivity contribution in [1.29, 1.82) is 0 Å². The van der Waals surface area contributed by atoms with Gasteiger partial charge in [0.25, 0.3) is 0 Å². The van der Waals surface area contributed by atoms with E-state index in [2.05, 4.69) is 6.92 Å². The van der Waals surface area contributed by atoms with Gasteiger partial charge in [-0.3, -0.25) is 0 Å². The first-order chi connectivity index (χ1) is 10.3. The van der Waals surface area contributed by atoms with Crippen LogP contribution in [0.3, 0.4) is 0 Å².